The van der Waals surface area contributed by atoms with E-state index >= 15 is 0 Å². The fraction of sp³-hybridized carbons (Fsp3) is 0.636. The SMILES string of the molecule is C=C[C@H](O)[C@@H]1C(=O)N2[C@@H]1SC(C)(C)[C@@H]2C(=O)O. The number of thioether (sulfide) groups is 1. The lowest BCUT2D eigenvalue weighted by Gasteiger charge is -2.44. The molecular weight excluding hydrogens is 242 g/mol. The van der Waals surface area contributed by atoms with Crippen molar-refractivity contribution in [3.05, 3.63) is 12.7 Å². The Balaban J connectivity index is 2.27. The lowest BCUT2D eigenvalue weighted by atomic mass is 9.88. The van der Waals surface area contributed by atoms with E-state index in [0.29, 0.717) is 0 Å². The Bertz CT molecular complexity index is 395. The number of carbonyl (C=O) groups excluding carboxylic acids is 1. The number of hydrogen-bond donors (Lipinski definition) is 2. The van der Waals surface area contributed by atoms with Crippen molar-refractivity contribution in [1.82, 2.24) is 4.90 Å². The van der Waals surface area contributed by atoms with Gasteiger partial charge in [-0.2, -0.15) is 0 Å². The fourth-order valence-electron chi connectivity index (χ4n) is 2.50. The van der Waals surface area contributed by atoms with E-state index in [4.69, 9.17) is 0 Å². The summed E-state index contributed by atoms with van der Waals surface area (Å²) in [5.74, 6) is -1.85. The summed E-state index contributed by atoms with van der Waals surface area (Å²) in [4.78, 5) is 24.5. The van der Waals surface area contributed by atoms with E-state index in [1.165, 1.54) is 22.7 Å². The summed E-state index contributed by atoms with van der Waals surface area (Å²) in [6.07, 6.45) is 0.418. The zero-order valence-electron chi connectivity index (χ0n) is 9.66. The first-order valence-electron chi connectivity index (χ1n) is 5.34. The van der Waals surface area contributed by atoms with E-state index in [1.54, 1.807) is 13.8 Å². The second kappa shape index (κ2) is 3.74. The van der Waals surface area contributed by atoms with Gasteiger partial charge in [-0.1, -0.05) is 6.08 Å². The van der Waals surface area contributed by atoms with Gasteiger partial charge in [0.25, 0.3) is 0 Å². The molecule has 1 amide bonds. The van der Waals surface area contributed by atoms with Crippen molar-refractivity contribution in [3.8, 4) is 0 Å². The van der Waals surface area contributed by atoms with Crippen molar-refractivity contribution < 1.29 is 19.8 Å². The maximum absolute atomic E-state index is 11.9. The molecule has 4 atom stereocenters. The number of aliphatic hydroxyl groups is 1. The molecule has 5 nitrogen and oxygen atoms in total. The van der Waals surface area contributed by atoms with Crippen LogP contribution in [0.1, 0.15) is 13.8 Å². The third-order valence-corrected chi connectivity index (χ3v) is 4.92. The zero-order chi connectivity index (χ0) is 13.0. The van der Waals surface area contributed by atoms with Crippen molar-refractivity contribution in [2.45, 2.75) is 36.1 Å². The summed E-state index contributed by atoms with van der Waals surface area (Å²) in [7, 11) is 0. The van der Waals surface area contributed by atoms with Gasteiger partial charge in [-0.05, 0) is 13.8 Å². The quantitative estimate of drug-likeness (QED) is 0.561. The van der Waals surface area contributed by atoms with E-state index in [9.17, 15) is 19.8 Å². The first-order valence-corrected chi connectivity index (χ1v) is 6.22. The molecular formula is C11H15NO4S. The highest BCUT2D eigenvalue weighted by Gasteiger charge is 2.64. The molecule has 2 fully saturated rings. The molecule has 0 spiro atoms. The maximum atomic E-state index is 11.9. The van der Waals surface area contributed by atoms with Gasteiger partial charge in [-0.25, -0.2) is 4.79 Å². The first kappa shape index (κ1) is 12.4. The van der Waals surface area contributed by atoms with Crippen LogP contribution in [0.25, 0.3) is 0 Å². The van der Waals surface area contributed by atoms with Gasteiger partial charge in [0, 0.05) is 4.75 Å². The molecule has 17 heavy (non-hydrogen) atoms. The number of β-lactam (4-membered cyclic amide) rings is 1. The van der Waals surface area contributed by atoms with Gasteiger partial charge >= 0.3 is 5.97 Å². The summed E-state index contributed by atoms with van der Waals surface area (Å²) < 4.78 is -0.540. The van der Waals surface area contributed by atoms with Crippen molar-refractivity contribution in [2.75, 3.05) is 0 Å². The molecule has 2 N–H and O–H groups in total. The predicted octanol–water partition coefficient (Wildman–Crippen LogP) is 0.296. The molecule has 0 aromatic heterocycles. The van der Waals surface area contributed by atoms with Crippen LogP contribution >= 0.6 is 11.8 Å². The molecule has 6 heteroatoms. The van der Waals surface area contributed by atoms with Crippen LogP contribution in [-0.2, 0) is 9.59 Å². The minimum atomic E-state index is -0.995. The number of aliphatic carboxylic acids is 1. The zero-order valence-corrected chi connectivity index (χ0v) is 10.5. The molecule has 0 unspecified atom stereocenters. The Kier molecular flexibility index (Phi) is 2.74. The van der Waals surface area contributed by atoms with Crippen LogP contribution in [0, 0.1) is 5.92 Å². The second-order valence-electron chi connectivity index (χ2n) is 4.85. The molecule has 94 valence electrons. The van der Waals surface area contributed by atoms with Crippen LogP contribution in [0.4, 0.5) is 0 Å². The standard InChI is InChI=1S/C11H15NO4S/c1-4-5(13)6-8(14)12-7(10(15)16)11(2,3)17-9(6)12/h4-7,9,13H,1H2,2-3H3,(H,15,16)/t5-,6+,7-,9+/m0/s1. The van der Waals surface area contributed by atoms with Crippen molar-refractivity contribution >= 4 is 23.6 Å². The smallest absolute Gasteiger partial charge is 0.327 e. The number of rotatable bonds is 3. The highest BCUT2D eigenvalue weighted by molar-refractivity contribution is 8.01. The first-order chi connectivity index (χ1) is 7.81. The third kappa shape index (κ3) is 1.58. The van der Waals surface area contributed by atoms with Crippen LogP contribution < -0.4 is 0 Å². The van der Waals surface area contributed by atoms with Gasteiger partial charge in [0.2, 0.25) is 5.91 Å². The molecule has 0 bridgehead atoms. The van der Waals surface area contributed by atoms with E-state index in [1.807, 2.05) is 0 Å². The number of amides is 1. The highest BCUT2D eigenvalue weighted by Crippen LogP contribution is 2.54. The Labute approximate surface area is 103 Å². The number of carbonyl (C=O) groups is 2. The lowest BCUT2D eigenvalue weighted by molar-refractivity contribution is -0.167. The molecule has 2 aliphatic rings. The Morgan fingerprint density at radius 1 is 1.65 bits per heavy atom. The molecule has 0 aromatic rings. The van der Waals surface area contributed by atoms with Crippen LogP contribution in [0.5, 0.6) is 0 Å². The summed E-state index contributed by atoms with van der Waals surface area (Å²) in [6, 6.07) is -0.821. The molecule has 2 saturated heterocycles. The Morgan fingerprint density at radius 3 is 2.71 bits per heavy atom. The van der Waals surface area contributed by atoms with Gasteiger partial charge in [-0.3, -0.25) is 4.79 Å². The number of carboxylic acid groups (broad SMARTS) is 1. The summed E-state index contributed by atoms with van der Waals surface area (Å²) in [5, 5.41) is 18.6. The number of aliphatic hydroxyl groups excluding tert-OH is 1. The monoisotopic (exact) mass is 257 g/mol. The van der Waals surface area contributed by atoms with Gasteiger partial charge in [0.1, 0.15) is 6.04 Å². The molecule has 0 saturated carbocycles. The highest BCUT2D eigenvalue weighted by atomic mass is 32.2. The topological polar surface area (TPSA) is 77.8 Å². The number of nitrogens with zero attached hydrogens (tertiary/aromatic N) is 1. The van der Waals surface area contributed by atoms with Crippen molar-refractivity contribution in [3.63, 3.8) is 0 Å². The van der Waals surface area contributed by atoms with Crippen molar-refractivity contribution in [1.29, 1.82) is 0 Å². The maximum Gasteiger partial charge on any atom is 0.327 e. The van der Waals surface area contributed by atoms with Gasteiger partial charge in [0.05, 0.1) is 17.4 Å². The van der Waals surface area contributed by atoms with Gasteiger partial charge in [-0.15, -0.1) is 18.3 Å². The summed E-state index contributed by atoms with van der Waals surface area (Å²) in [6.45, 7) is 7.07. The average Bonchev–Trinajstić information content (AvgIpc) is 2.46. The van der Waals surface area contributed by atoms with E-state index in [2.05, 4.69) is 6.58 Å². The lowest BCUT2D eigenvalue weighted by Crippen LogP contribution is -2.65. The normalized spacial score (nSPS) is 36.1. The molecule has 2 heterocycles. The van der Waals surface area contributed by atoms with Crippen LogP contribution in [0.2, 0.25) is 0 Å². The summed E-state index contributed by atoms with van der Waals surface area (Å²) >= 11 is 1.43. The van der Waals surface area contributed by atoms with E-state index in [-0.39, 0.29) is 11.3 Å². The third-order valence-electron chi connectivity index (χ3n) is 3.33. The molecule has 0 aromatic carbocycles. The minimum Gasteiger partial charge on any atom is -0.480 e. The number of fused-ring (bicyclic) bond motifs is 1. The Hall–Kier alpha value is -1.01. The molecule has 2 rings (SSSR count). The minimum absolute atomic E-state index is 0.258. The van der Waals surface area contributed by atoms with Crippen LogP contribution in [-0.4, -0.2) is 49.3 Å². The Morgan fingerprint density at radius 2 is 2.24 bits per heavy atom. The molecule has 0 radical (unpaired) electrons. The molecule has 0 aliphatic carbocycles. The number of carboxylic acids is 1. The van der Waals surface area contributed by atoms with Crippen molar-refractivity contribution in [2.24, 2.45) is 5.92 Å². The largest absolute Gasteiger partial charge is 0.480 e. The average molecular weight is 257 g/mol. The molecule has 2 aliphatic heterocycles. The van der Waals surface area contributed by atoms with E-state index < -0.39 is 28.8 Å². The van der Waals surface area contributed by atoms with Crippen LogP contribution in [0.3, 0.4) is 0 Å². The predicted molar refractivity (Wildman–Crippen MR) is 63.4 cm³/mol. The van der Waals surface area contributed by atoms with Crippen LogP contribution in [0.15, 0.2) is 12.7 Å². The van der Waals surface area contributed by atoms with E-state index in [0.717, 1.165) is 0 Å². The van der Waals surface area contributed by atoms with Gasteiger partial charge in [0.15, 0.2) is 0 Å². The fourth-order valence-corrected chi connectivity index (χ4v) is 4.23. The summed E-state index contributed by atoms with van der Waals surface area (Å²) in [5.41, 5.74) is 0. The second-order valence-corrected chi connectivity index (χ2v) is 6.62. The number of hydrogen-bond acceptors (Lipinski definition) is 4. The van der Waals surface area contributed by atoms with Gasteiger partial charge < -0.3 is 15.1 Å².